The quantitative estimate of drug-likeness (QED) is 0.927. The molecule has 0 amide bonds. The fourth-order valence-corrected chi connectivity index (χ4v) is 3.90. The maximum absolute atomic E-state index is 5.55. The number of hydrogen-bond donors (Lipinski definition) is 1. The minimum absolute atomic E-state index is 0.418. The van der Waals surface area contributed by atoms with Crippen LogP contribution in [0.1, 0.15) is 37.7 Å². The highest BCUT2D eigenvalue weighted by atomic mass is 32.1. The molecule has 0 saturated carbocycles. The Morgan fingerprint density at radius 3 is 3.16 bits per heavy atom. The van der Waals surface area contributed by atoms with E-state index >= 15 is 0 Å². The van der Waals surface area contributed by atoms with Crippen molar-refractivity contribution in [1.29, 1.82) is 0 Å². The standard InChI is InChI=1S/C15H20N2OS/c1-3-18-11-6-7-12-13(9-11)19-15(17-12)14-10(2)5-4-8-16-14/h6-7,9-10,14,16H,3-5,8H2,1-2H3. The molecule has 1 fully saturated rings. The molecule has 2 aromatic rings. The van der Waals surface area contributed by atoms with Crippen molar-refractivity contribution < 1.29 is 4.74 Å². The summed E-state index contributed by atoms with van der Waals surface area (Å²) in [5.74, 6) is 1.61. The van der Waals surface area contributed by atoms with Gasteiger partial charge in [-0.3, -0.25) is 0 Å². The lowest BCUT2D eigenvalue weighted by Gasteiger charge is -2.28. The number of nitrogens with one attached hydrogen (secondary N) is 1. The van der Waals surface area contributed by atoms with E-state index in [9.17, 15) is 0 Å². The third-order valence-electron chi connectivity index (χ3n) is 3.72. The minimum atomic E-state index is 0.418. The lowest BCUT2D eigenvalue weighted by molar-refractivity contribution is 0.305. The summed E-state index contributed by atoms with van der Waals surface area (Å²) in [4.78, 5) is 4.79. The molecule has 0 bridgehead atoms. The second-order valence-corrected chi connectivity index (χ2v) is 6.23. The van der Waals surface area contributed by atoms with Gasteiger partial charge in [-0.05, 0) is 50.4 Å². The van der Waals surface area contributed by atoms with Crippen LogP contribution in [0.25, 0.3) is 10.2 Å². The van der Waals surface area contributed by atoms with E-state index in [1.165, 1.54) is 22.5 Å². The Balaban J connectivity index is 1.92. The highest BCUT2D eigenvalue weighted by Crippen LogP contribution is 2.35. The van der Waals surface area contributed by atoms with Crippen molar-refractivity contribution in [3.8, 4) is 5.75 Å². The Morgan fingerprint density at radius 2 is 2.37 bits per heavy atom. The van der Waals surface area contributed by atoms with Crippen LogP contribution in [0.5, 0.6) is 5.75 Å². The third-order valence-corrected chi connectivity index (χ3v) is 4.82. The number of fused-ring (bicyclic) bond motifs is 1. The first-order chi connectivity index (χ1) is 9.28. The van der Waals surface area contributed by atoms with E-state index in [0.29, 0.717) is 18.6 Å². The summed E-state index contributed by atoms with van der Waals surface area (Å²) in [5, 5.41) is 4.82. The predicted molar refractivity (Wildman–Crippen MR) is 79.9 cm³/mol. The van der Waals surface area contributed by atoms with Gasteiger partial charge in [0, 0.05) is 0 Å². The van der Waals surface area contributed by atoms with Crippen LogP contribution in [0.2, 0.25) is 0 Å². The molecule has 4 heteroatoms. The first kappa shape index (κ1) is 12.9. The summed E-state index contributed by atoms with van der Waals surface area (Å²) >= 11 is 1.79. The fourth-order valence-electron chi connectivity index (χ4n) is 2.69. The smallest absolute Gasteiger partial charge is 0.120 e. The number of hydrogen-bond acceptors (Lipinski definition) is 4. The van der Waals surface area contributed by atoms with Crippen LogP contribution >= 0.6 is 11.3 Å². The molecule has 102 valence electrons. The number of rotatable bonds is 3. The molecule has 3 nitrogen and oxygen atoms in total. The maximum Gasteiger partial charge on any atom is 0.120 e. The van der Waals surface area contributed by atoms with E-state index in [4.69, 9.17) is 9.72 Å². The van der Waals surface area contributed by atoms with Gasteiger partial charge in [-0.25, -0.2) is 4.98 Å². The Bertz CT molecular complexity index is 566. The molecule has 0 radical (unpaired) electrons. The summed E-state index contributed by atoms with van der Waals surface area (Å²) in [6.07, 6.45) is 2.56. The van der Waals surface area contributed by atoms with E-state index in [2.05, 4.69) is 24.4 Å². The number of piperidine rings is 1. The van der Waals surface area contributed by atoms with Gasteiger partial charge < -0.3 is 10.1 Å². The van der Waals surface area contributed by atoms with Gasteiger partial charge in [-0.2, -0.15) is 0 Å². The third kappa shape index (κ3) is 2.60. The number of ether oxygens (including phenoxy) is 1. The Hall–Kier alpha value is -1.13. The summed E-state index contributed by atoms with van der Waals surface area (Å²) in [6, 6.07) is 6.59. The predicted octanol–water partition coefficient (Wildman–Crippen LogP) is 3.76. The van der Waals surface area contributed by atoms with Crippen LogP contribution in [0.3, 0.4) is 0 Å². The van der Waals surface area contributed by atoms with Crippen molar-refractivity contribution >= 4 is 21.6 Å². The summed E-state index contributed by atoms with van der Waals surface area (Å²) in [5.41, 5.74) is 1.09. The summed E-state index contributed by atoms with van der Waals surface area (Å²) < 4.78 is 6.78. The maximum atomic E-state index is 5.55. The molecule has 0 aliphatic carbocycles. The summed E-state index contributed by atoms with van der Waals surface area (Å²) in [7, 11) is 0. The van der Waals surface area contributed by atoms with Gasteiger partial charge in [0.25, 0.3) is 0 Å². The Kier molecular flexibility index (Phi) is 3.71. The molecule has 1 aliphatic heterocycles. The molecule has 1 aliphatic rings. The highest BCUT2D eigenvalue weighted by molar-refractivity contribution is 7.18. The van der Waals surface area contributed by atoms with Crippen LogP contribution in [-0.4, -0.2) is 18.1 Å². The van der Waals surface area contributed by atoms with E-state index in [1.807, 2.05) is 13.0 Å². The van der Waals surface area contributed by atoms with E-state index in [0.717, 1.165) is 17.8 Å². The zero-order valence-corrected chi connectivity index (χ0v) is 12.3. The van der Waals surface area contributed by atoms with Crippen molar-refractivity contribution in [2.24, 2.45) is 5.92 Å². The molecular formula is C15H20N2OS. The minimum Gasteiger partial charge on any atom is -0.494 e. The number of benzene rings is 1. The summed E-state index contributed by atoms with van der Waals surface area (Å²) in [6.45, 7) is 6.14. The number of aromatic nitrogens is 1. The van der Waals surface area contributed by atoms with Gasteiger partial charge in [-0.15, -0.1) is 11.3 Å². The molecule has 3 rings (SSSR count). The van der Waals surface area contributed by atoms with Crippen molar-refractivity contribution in [3.05, 3.63) is 23.2 Å². The van der Waals surface area contributed by atoms with Gasteiger partial charge >= 0.3 is 0 Å². The molecule has 1 aromatic carbocycles. The molecule has 1 aromatic heterocycles. The van der Waals surface area contributed by atoms with Crippen molar-refractivity contribution in [1.82, 2.24) is 10.3 Å². The lowest BCUT2D eigenvalue weighted by atomic mass is 9.93. The van der Waals surface area contributed by atoms with Gasteiger partial charge in [0.1, 0.15) is 10.8 Å². The molecule has 1 saturated heterocycles. The van der Waals surface area contributed by atoms with E-state index < -0.39 is 0 Å². The average molecular weight is 276 g/mol. The Morgan fingerprint density at radius 1 is 1.47 bits per heavy atom. The molecule has 0 spiro atoms. The molecule has 1 N–H and O–H groups in total. The molecular weight excluding hydrogens is 256 g/mol. The number of nitrogens with zero attached hydrogens (tertiary/aromatic N) is 1. The first-order valence-electron chi connectivity index (χ1n) is 7.04. The van der Waals surface area contributed by atoms with Gasteiger partial charge in [0.15, 0.2) is 0 Å². The molecule has 2 unspecified atom stereocenters. The second kappa shape index (κ2) is 5.47. The van der Waals surface area contributed by atoms with Crippen LogP contribution in [-0.2, 0) is 0 Å². The molecule has 19 heavy (non-hydrogen) atoms. The average Bonchev–Trinajstić information content (AvgIpc) is 2.82. The highest BCUT2D eigenvalue weighted by Gasteiger charge is 2.25. The van der Waals surface area contributed by atoms with Crippen molar-refractivity contribution in [2.75, 3.05) is 13.2 Å². The van der Waals surface area contributed by atoms with Crippen molar-refractivity contribution in [3.63, 3.8) is 0 Å². The molecule has 2 atom stereocenters. The second-order valence-electron chi connectivity index (χ2n) is 5.17. The SMILES string of the molecule is CCOc1ccc2nc(C3NCCCC3C)sc2c1. The largest absolute Gasteiger partial charge is 0.494 e. The zero-order chi connectivity index (χ0) is 13.2. The van der Waals surface area contributed by atoms with Crippen LogP contribution in [0.15, 0.2) is 18.2 Å². The normalized spacial score (nSPS) is 23.7. The lowest BCUT2D eigenvalue weighted by Crippen LogP contribution is -2.32. The van der Waals surface area contributed by atoms with Gasteiger partial charge in [-0.1, -0.05) is 6.92 Å². The zero-order valence-electron chi connectivity index (χ0n) is 11.5. The molecule has 2 heterocycles. The van der Waals surface area contributed by atoms with E-state index in [-0.39, 0.29) is 0 Å². The van der Waals surface area contributed by atoms with Crippen LogP contribution in [0.4, 0.5) is 0 Å². The van der Waals surface area contributed by atoms with E-state index in [1.54, 1.807) is 11.3 Å². The van der Waals surface area contributed by atoms with Gasteiger partial charge in [0.05, 0.1) is 22.9 Å². The van der Waals surface area contributed by atoms with Crippen LogP contribution in [0, 0.1) is 5.92 Å². The first-order valence-corrected chi connectivity index (χ1v) is 7.86. The fraction of sp³-hybridized carbons (Fsp3) is 0.533. The Labute approximate surface area is 118 Å². The number of thiazole rings is 1. The van der Waals surface area contributed by atoms with Gasteiger partial charge in [0.2, 0.25) is 0 Å². The topological polar surface area (TPSA) is 34.1 Å². The van der Waals surface area contributed by atoms with Crippen molar-refractivity contribution in [2.45, 2.75) is 32.7 Å². The monoisotopic (exact) mass is 276 g/mol. The van der Waals surface area contributed by atoms with Crippen LogP contribution < -0.4 is 10.1 Å².